The van der Waals surface area contributed by atoms with E-state index in [2.05, 4.69) is 0 Å². The Balaban J connectivity index is 1.81. The maximum atomic E-state index is 13.1. The summed E-state index contributed by atoms with van der Waals surface area (Å²) in [5, 5.41) is 0. The molecule has 214 valence electrons. The minimum absolute atomic E-state index is 0.0201. The lowest BCUT2D eigenvalue weighted by molar-refractivity contribution is -0.159. The minimum Gasteiger partial charge on any atom is -0.461 e. The first-order chi connectivity index (χ1) is 18.8. The highest BCUT2D eigenvalue weighted by molar-refractivity contribution is 5.85. The van der Waals surface area contributed by atoms with Crippen molar-refractivity contribution in [3.63, 3.8) is 0 Å². The van der Waals surface area contributed by atoms with Crippen LogP contribution in [0, 0.1) is 11.8 Å². The van der Waals surface area contributed by atoms with Crippen molar-refractivity contribution < 1.29 is 38.1 Å². The molecule has 9 nitrogen and oxygen atoms in total. The monoisotopic (exact) mass is 543 g/mol. The smallest absolute Gasteiger partial charge is 0.339 e. The zero-order valence-electron chi connectivity index (χ0n) is 23.3. The highest BCUT2D eigenvalue weighted by Crippen LogP contribution is 2.21. The molecule has 0 saturated carbocycles. The number of benzene rings is 1. The Morgan fingerprint density at radius 3 is 2.18 bits per heavy atom. The predicted octanol–water partition coefficient (Wildman–Crippen LogP) is 3.47. The summed E-state index contributed by atoms with van der Waals surface area (Å²) in [5.41, 5.74) is 0.924. The first kappa shape index (κ1) is 30.5. The van der Waals surface area contributed by atoms with Crippen LogP contribution in [0.25, 0.3) is 0 Å². The number of fused-ring (bicyclic) bond motifs is 1. The number of carbonyl (C=O) groups excluding carboxylic acids is 3. The molecule has 2 heterocycles. The van der Waals surface area contributed by atoms with Gasteiger partial charge >= 0.3 is 11.9 Å². The molecule has 1 amide bonds. The Morgan fingerprint density at radius 2 is 1.51 bits per heavy atom. The second kappa shape index (κ2) is 15.5. The number of rotatable bonds is 5. The van der Waals surface area contributed by atoms with Gasteiger partial charge in [0.05, 0.1) is 18.8 Å². The number of cyclic esters (lactones) is 2. The van der Waals surface area contributed by atoms with Gasteiger partial charge in [-0.15, -0.1) is 0 Å². The molecular formula is C30H41NO8. The molecule has 6 atom stereocenters. The summed E-state index contributed by atoms with van der Waals surface area (Å²) < 4.78 is 28.3. The molecule has 2 aliphatic heterocycles. The van der Waals surface area contributed by atoms with Crippen molar-refractivity contribution in [3.05, 3.63) is 60.2 Å². The minimum atomic E-state index is -0.956. The van der Waals surface area contributed by atoms with Crippen molar-refractivity contribution in [2.45, 2.75) is 64.1 Å². The largest absolute Gasteiger partial charge is 0.461 e. The average molecular weight is 544 g/mol. The average Bonchev–Trinajstić information content (AvgIpc) is 3.44. The van der Waals surface area contributed by atoms with Crippen LogP contribution in [0.2, 0.25) is 0 Å². The van der Waals surface area contributed by atoms with Gasteiger partial charge in [0.1, 0.15) is 19.3 Å². The molecule has 0 radical (unpaired) electrons. The lowest BCUT2D eigenvalue weighted by Crippen LogP contribution is -2.42. The summed E-state index contributed by atoms with van der Waals surface area (Å²) in [5.74, 6) is -1.44. The SMILES string of the molecule is CO[C@@H]1COC(=O)[C@H](OCc2ccccc2)/C=C/[C@@H](C)[C@H](OC)COC(=O)[C@@H]2CCCN2C(=O)C/C=C/[C@H]1C. The van der Waals surface area contributed by atoms with Gasteiger partial charge < -0.3 is 28.6 Å². The van der Waals surface area contributed by atoms with E-state index in [-0.39, 0.29) is 44.0 Å². The van der Waals surface area contributed by atoms with Crippen LogP contribution in [-0.2, 0) is 44.7 Å². The first-order valence-electron chi connectivity index (χ1n) is 13.5. The van der Waals surface area contributed by atoms with Crippen molar-refractivity contribution in [2.24, 2.45) is 11.8 Å². The lowest BCUT2D eigenvalue weighted by Gasteiger charge is -2.25. The third kappa shape index (κ3) is 9.02. The van der Waals surface area contributed by atoms with Gasteiger partial charge in [0.25, 0.3) is 0 Å². The van der Waals surface area contributed by atoms with Crippen LogP contribution >= 0.6 is 0 Å². The van der Waals surface area contributed by atoms with Gasteiger partial charge in [0, 0.05) is 39.0 Å². The summed E-state index contributed by atoms with van der Waals surface area (Å²) in [6.07, 6.45) is 6.75. The third-order valence-electron chi connectivity index (χ3n) is 7.23. The Bertz CT molecular complexity index is 994. The van der Waals surface area contributed by atoms with Crippen molar-refractivity contribution in [3.8, 4) is 0 Å². The van der Waals surface area contributed by atoms with Crippen LogP contribution in [0.15, 0.2) is 54.6 Å². The van der Waals surface area contributed by atoms with Gasteiger partial charge in [-0.05, 0) is 24.5 Å². The number of carbonyl (C=O) groups is 3. The highest BCUT2D eigenvalue weighted by Gasteiger charge is 2.35. The molecule has 39 heavy (non-hydrogen) atoms. The van der Waals surface area contributed by atoms with E-state index in [4.69, 9.17) is 23.7 Å². The van der Waals surface area contributed by atoms with Gasteiger partial charge in [-0.3, -0.25) is 4.79 Å². The van der Waals surface area contributed by atoms with Crippen molar-refractivity contribution in [2.75, 3.05) is 34.0 Å². The standard InChI is InChI=1S/C30H41NO8/c1-21-10-8-14-28(32)31-17-9-13-24(31)29(33)38-19-27(36-4)22(2)15-16-25(30(34)39-20-26(21)35-3)37-18-23-11-6-5-7-12-23/h5-8,10-12,15-16,21-22,24-27H,9,13-14,17-20H2,1-4H3/b10-8+,16-15+/t21-,22-,24+,25-,26-,27-/m1/s1. The van der Waals surface area contributed by atoms with Crippen LogP contribution in [-0.4, -0.2) is 81.1 Å². The summed E-state index contributed by atoms with van der Waals surface area (Å²) in [4.78, 5) is 40.4. The van der Waals surface area contributed by atoms with Crippen molar-refractivity contribution in [1.29, 1.82) is 0 Å². The molecule has 0 unspecified atom stereocenters. The fourth-order valence-electron chi connectivity index (χ4n) is 4.67. The molecule has 1 aromatic carbocycles. The normalized spacial score (nSPS) is 31.3. The van der Waals surface area contributed by atoms with Crippen LogP contribution in [0.4, 0.5) is 0 Å². The van der Waals surface area contributed by atoms with Crippen LogP contribution in [0.1, 0.15) is 38.7 Å². The number of nitrogens with zero attached hydrogens (tertiary/aromatic N) is 1. The molecule has 0 aliphatic carbocycles. The van der Waals surface area contributed by atoms with Crippen molar-refractivity contribution in [1.82, 2.24) is 4.90 Å². The van der Waals surface area contributed by atoms with Gasteiger partial charge in [-0.25, -0.2) is 9.59 Å². The topological polar surface area (TPSA) is 101 Å². The third-order valence-corrected chi connectivity index (χ3v) is 7.23. The van der Waals surface area contributed by atoms with Crippen molar-refractivity contribution >= 4 is 17.8 Å². The van der Waals surface area contributed by atoms with Crippen LogP contribution < -0.4 is 0 Å². The molecule has 0 N–H and O–H groups in total. The number of amides is 1. The number of methoxy groups -OCH3 is 2. The zero-order chi connectivity index (χ0) is 28.2. The molecular weight excluding hydrogens is 502 g/mol. The Hall–Kier alpha value is -3.01. The molecule has 0 bridgehead atoms. The predicted molar refractivity (Wildman–Crippen MR) is 144 cm³/mol. The molecule has 3 rings (SSSR count). The van der Waals surface area contributed by atoms with Gasteiger partial charge in [-0.2, -0.15) is 0 Å². The Labute approximate surface area is 231 Å². The molecule has 1 aromatic rings. The van der Waals surface area contributed by atoms with E-state index in [1.807, 2.05) is 50.3 Å². The van der Waals surface area contributed by atoms with Crippen LogP contribution in [0.3, 0.4) is 0 Å². The highest BCUT2D eigenvalue weighted by atomic mass is 16.6. The zero-order valence-corrected chi connectivity index (χ0v) is 23.3. The second-order valence-electron chi connectivity index (χ2n) is 10.0. The van der Waals surface area contributed by atoms with E-state index in [0.29, 0.717) is 13.0 Å². The fraction of sp³-hybridized carbons (Fsp3) is 0.567. The van der Waals surface area contributed by atoms with E-state index >= 15 is 0 Å². The van der Waals surface area contributed by atoms with Crippen LogP contribution in [0.5, 0.6) is 0 Å². The Kier molecular flexibility index (Phi) is 12.2. The first-order valence-corrected chi connectivity index (χ1v) is 13.5. The van der Waals surface area contributed by atoms with Gasteiger partial charge in [0.2, 0.25) is 5.91 Å². The second-order valence-corrected chi connectivity index (χ2v) is 10.0. The maximum Gasteiger partial charge on any atom is 0.339 e. The fourth-order valence-corrected chi connectivity index (χ4v) is 4.67. The molecule has 0 aromatic heterocycles. The van der Waals surface area contributed by atoms with Gasteiger partial charge in [0.15, 0.2) is 6.10 Å². The summed E-state index contributed by atoms with van der Waals surface area (Å²) in [7, 11) is 3.10. The lowest BCUT2D eigenvalue weighted by atomic mass is 10.0. The van der Waals surface area contributed by atoms with E-state index in [1.54, 1.807) is 37.3 Å². The molecule has 1 fully saturated rings. The molecule has 2 aliphatic rings. The number of ether oxygens (including phenoxy) is 5. The summed E-state index contributed by atoms with van der Waals surface area (Å²) in [6.45, 7) is 4.63. The molecule has 9 heteroatoms. The summed E-state index contributed by atoms with van der Waals surface area (Å²) in [6, 6.07) is 8.96. The van der Waals surface area contributed by atoms with E-state index < -0.39 is 36.3 Å². The Morgan fingerprint density at radius 1 is 0.872 bits per heavy atom. The number of hydrogen-bond acceptors (Lipinski definition) is 8. The van der Waals surface area contributed by atoms with E-state index in [9.17, 15) is 14.4 Å². The summed E-state index contributed by atoms with van der Waals surface area (Å²) >= 11 is 0. The van der Waals surface area contributed by atoms with Gasteiger partial charge in [-0.1, -0.05) is 62.4 Å². The number of esters is 2. The molecule has 0 spiro atoms. The molecule has 1 saturated heterocycles. The quantitative estimate of drug-likeness (QED) is 0.411. The van der Waals surface area contributed by atoms with E-state index in [1.165, 1.54) is 0 Å². The van der Waals surface area contributed by atoms with E-state index in [0.717, 1.165) is 12.0 Å². The maximum absolute atomic E-state index is 13.1. The number of hydrogen-bond donors (Lipinski definition) is 0.